The number of rotatable bonds is 3. The van der Waals surface area contributed by atoms with E-state index in [0.717, 1.165) is 24.8 Å². The molecule has 2 rings (SSSR count). The molecule has 1 fully saturated rings. The first kappa shape index (κ1) is 14.4. The lowest BCUT2D eigenvalue weighted by Crippen LogP contribution is -2.48. The normalized spacial score (nSPS) is 32.0. The summed E-state index contributed by atoms with van der Waals surface area (Å²) < 4.78 is 0. The molecule has 0 aromatic rings. The van der Waals surface area contributed by atoms with E-state index in [1.54, 1.807) is 0 Å². The Morgan fingerprint density at radius 2 is 2.11 bits per heavy atom. The highest BCUT2D eigenvalue weighted by Gasteiger charge is 2.48. The Balaban J connectivity index is 2.39. The Morgan fingerprint density at radius 1 is 1.47 bits per heavy atom. The van der Waals surface area contributed by atoms with Crippen LogP contribution in [0.1, 0.15) is 32.6 Å². The highest BCUT2D eigenvalue weighted by atomic mass is 16.4. The fourth-order valence-electron chi connectivity index (χ4n) is 3.33. The SMILES string of the molecule is C=C1CCCC2(C)C(=O)C=C(C(O)(CO)CO)CC12. The van der Waals surface area contributed by atoms with E-state index < -0.39 is 24.2 Å². The lowest BCUT2D eigenvalue weighted by atomic mass is 9.58. The molecule has 2 atom stereocenters. The molecule has 2 unspecified atom stereocenters. The van der Waals surface area contributed by atoms with Crippen molar-refractivity contribution in [1.82, 2.24) is 0 Å². The number of fused-ring (bicyclic) bond motifs is 1. The van der Waals surface area contributed by atoms with Crippen molar-refractivity contribution in [2.45, 2.75) is 38.2 Å². The molecular formula is C15H22O4. The summed E-state index contributed by atoms with van der Waals surface area (Å²) in [6.07, 6.45) is 4.60. The number of ketones is 1. The van der Waals surface area contributed by atoms with Gasteiger partial charge in [0.25, 0.3) is 0 Å². The molecule has 0 aromatic heterocycles. The maximum Gasteiger partial charge on any atom is 0.162 e. The maximum atomic E-state index is 12.4. The topological polar surface area (TPSA) is 77.8 Å². The Morgan fingerprint density at radius 3 is 2.68 bits per heavy atom. The van der Waals surface area contributed by atoms with Gasteiger partial charge in [0.05, 0.1) is 13.2 Å². The zero-order chi connectivity index (χ0) is 14.3. The number of allylic oxidation sites excluding steroid dienone is 2. The van der Waals surface area contributed by atoms with E-state index in [0.29, 0.717) is 12.0 Å². The summed E-state index contributed by atoms with van der Waals surface area (Å²) in [7, 11) is 0. The van der Waals surface area contributed by atoms with Gasteiger partial charge in [0.1, 0.15) is 5.60 Å². The third kappa shape index (κ3) is 2.18. The molecule has 4 heteroatoms. The Kier molecular flexibility index (Phi) is 3.69. The van der Waals surface area contributed by atoms with Crippen molar-refractivity contribution in [2.24, 2.45) is 11.3 Å². The molecule has 2 aliphatic rings. The maximum absolute atomic E-state index is 12.4. The molecule has 19 heavy (non-hydrogen) atoms. The highest BCUT2D eigenvalue weighted by Crippen LogP contribution is 2.51. The first-order valence-corrected chi connectivity index (χ1v) is 6.74. The number of hydrogen-bond acceptors (Lipinski definition) is 4. The molecule has 4 nitrogen and oxygen atoms in total. The second-order valence-corrected chi connectivity index (χ2v) is 6.07. The zero-order valence-corrected chi connectivity index (χ0v) is 11.4. The number of hydrogen-bond donors (Lipinski definition) is 3. The standard InChI is InChI=1S/C15H22O4/c1-10-4-3-5-14(2)12(10)6-11(7-13(14)18)15(19,8-16)9-17/h7,12,16-17,19H,1,3-6,8-9H2,2H3. The number of aliphatic hydroxyl groups excluding tert-OH is 2. The van der Waals surface area contributed by atoms with Gasteiger partial charge >= 0.3 is 0 Å². The Bertz CT molecular complexity index is 433. The van der Waals surface area contributed by atoms with Crippen LogP contribution in [0.4, 0.5) is 0 Å². The van der Waals surface area contributed by atoms with Crippen LogP contribution < -0.4 is 0 Å². The third-order valence-electron chi connectivity index (χ3n) is 4.87. The van der Waals surface area contributed by atoms with Gasteiger partial charge in [0.15, 0.2) is 5.78 Å². The van der Waals surface area contributed by atoms with Crippen molar-refractivity contribution in [1.29, 1.82) is 0 Å². The molecule has 0 aliphatic heterocycles. The zero-order valence-electron chi connectivity index (χ0n) is 11.4. The van der Waals surface area contributed by atoms with Crippen LogP contribution in [0.3, 0.4) is 0 Å². The minimum atomic E-state index is -1.70. The van der Waals surface area contributed by atoms with Gasteiger partial charge in [-0.15, -0.1) is 0 Å². The molecule has 0 aromatic carbocycles. The molecule has 0 amide bonds. The van der Waals surface area contributed by atoms with Crippen molar-refractivity contribution in [3.8, 4) is 0 Å². The van der Waals surface area contributed by atoms with E-state index in [4.69, 9.17) is 0 Å². The summed E-state index contributed by atoms with van der Waals surface area (Å²) in [5, 5.41) is 28.7. The van der Waals surface area contributed by atoms with E-state index in [2.05, 4.69) is 6.58 Å². The first-order valence-electron chi connectivity index (χ1n) is 6.74. The third-order valence-corrected chi connectivity index (χ3v) is 4.87. The van der Waals surface area contributed by atoms with Gasteiger partial charge in [-0.2, -0.15) is 0 Å². The van der Waals surface area contributed by atoms with Gasteiger partial charge in [0, 0.05) is 5.41 Å². The van der Waals surface area contributed by atoms with E-state index >= 15 is 0 Å². The molecule has 0 heterocycles. The van der Waals surface area contributed by atoms with Gasteiger partial charge in [-0.25, -0.2) is 0 Å². The summed E-state index contributed by atoms with van der Waals surface area (Å²) in [5.74, 6) is -0.0294. The molecular weight excluding hydrogens is 244 g/mol. The van der Waals surface area contributed by atoms with Crippen LogP contribution in [0.2, 0.25) is 0 Å². The van der Waals surface area contributed by atoms with Gasteiger partial charge in [-0.05, 0) is 43.3 Å². The van der Waals surface area contributed by atoms with Crippen LogP contribution in [-0.4, -0.2) is 39.9 Å². The smallest absolute Gasteiger partial charge is 0.162 e. The van der Waals surface area contributed by atoms with Crippen molar-refractivity contribution in [3.05, 3.63) is 23.8 Å². The van der Waals surface area contributed by atoms with E-state index in [-0.39, 0.29) is 11.7 Å². The molecule has 0 spiro atoms. The molecule has 0 saturated heterocycles. The predicted molar refractivity (Wildman–Crippen MR) is 71.4 cm³/mol. The first-order chi connectivity index (χ1) is 8.87. The molecule has 3 N–H and O–H groups in total. The number of aliphatic hydroxyl groups is 3. The quantitative estimate of drug-likeness (QED) is 0.665. The van der Waals surface area contributed by atoms with Gasteiger partial charge < -0.3 is 15.3 Å². The average molecular weight is 266 g/mol. The van der Waals surface area contributed by atoms with E-state index in [9.17, 15) is 20.1 Å². The van der Waals surface area contributed by atoms with Gasteiger partial charge in [-0.1, -0.05) is 19.1 Å². The molecule has 1 saturated carbocycles. The highest BCUT2D eigenvalue weighted by molar-refractivity contribution is 5.97. The van der Waals surface area contributed by atoms with E-state index in [1.165, 1.54) is 6.08 Å². The minimum Gasteiger partial charge on any atom is -0.393 e. The lowest BCUT2D eigenvalue weighted by molar-refractivity contribution is -0.128. The van der Waals surface area contributed by atoms with Crippen LogP contribution in [0, 0.1) is 11.3 Å². The van der Waals surface area contributed by atoms with Crippen molar-refractivity contribution in [2.75, 3.05) is 13.2 Å². The fourth-order valence-corrected chi connectivity index (χ4v) is 3.33. The fraction of sp³-hybridized carbons (Fsp3) is 0.667. The molecule has 0 radical (unpaired) electrons. The number of carbonyl (C=O) groups excluding carboxylic acids is 1. The predicted octanol–water partition coefficient (Wildman–Crippen LogP) is 0.964. The van der Waals surface area contributed by atoms with Crippen LogP contribution in [-0.2, 0) is 4.79 Å². The Hall–Kier alpha value is -0.970. The summed E-state index contributed by atoms with van der Waals surface area (Å²) in [6.45, 7) is 4.84. The number of carbonyl (C=O) groups is 1. The lowest BCUT2D eigenvalue weighted by Gasteiger charge is -2.46. The van der Waals surface area contributed by atoms with Crippen molar-refractivity contribution < 1.29 is 20.1 Å². The van der Waals surface area contributed by atoms with Crippen LogP contribution in [0.15, 0.2) is 23.8 Å². The molecule has 106 valence electrons. The monoisotopic (exact) mass is 266 g/mol. The van der Waals surface area contributed by atoms with Crippen LogP contribution in [0.25, 0.3) is 0 Å². The van der Waals surface area contributed by atoms with Crippen molar-refractivity contribution in [3.63, 3.8) is 0 Å². The largest absolute Gasteiger partial charge is 0.393 e. The summed E-state index contributed by atoms with van der Waals surface area (Å²) in [4.78, 5) is 12.4. The summed E-state index contributed by atoms with van der Waals surface area (Å²) >= 11 is 0. The summed E-state index contributed by atoms with van der Waals surface area (Å²) in [5.41, 5.74) is -0.682. The summed E-state index contributed by atoms with van der Waals surface area (Å²) in [6, 6.07) is 0. The minimum absolute atomic E-state index is 0.00150. The van der Waals surface area contributed by atoms with Crippen molar-refractivity contribution >= 4 is 5.78 Å². The van der Waals surface area contributed by atoms with Gasteiger partial charge in [-0.3, -0.25) is 4.79 Å². The van der Waals surface area contributed by atoms with Crippen LogP contribution in [0.5, 0.6) is 0 Å². The van der Waals surface area contributed by atoms with Crippen LogP contribution >= 0.6 is 0 Å². The van der Waals surface area contributed by atoms with Gasteiger partial charge in [0.2, 0.25) is 0 Å². The molecule has 2 aliphatic carbocycles. The second kappa shape index (κ2) is 4.85. The molecule has 0 bridgehead atoms. The Labute approximate surface area is 113 Å². The second-order valence-electron chi connectivity index (χ2n) is 6.07. The van der Waals surface area contributed by atoms with E-state index in [1.807, 2.05) is 6.92 Å². The average Bonchev–Trinajstić information content (AvgIpc) is 2.40.